The van der Waals surface area contributed by atoms with E-state index in [9.17, 15) is 4.79 Å². The molecular formula is C16H20N2O3S. The number of carbonyl (C=O) groups excluding carboxylic acids is 1. The summed E-state index contributed by atoms with van der Waals surface area (Å²) in [5, 5.41) is 16.1. The molecule has 0 aliphatic heterocycles. The van der Waals surface area contributed by atoms with Crippen LogP contribution in [0.5, 0.6) is 0 Å². The van der Waals surface area contributed by atoms with Crippen LogP contribution in [-0.2, 0) is 0 Å². The highest BCUT2D eigenvalue weighted by Gasteiger charge is 2.23. The van der Waals surface area contributed by atoms with Gasteiger partial charge in [0.05, 0.1) is 0 Å². The summed E-state index contributed by atoms with van der Waals surface area (Å²) < 4.78 is 5.21. The van der Waals surface area contributed by atoms with Gasteiger partial charge in [-0.1, -0.05) is 35.5 Å². The Kier molecular flexibility index (Phi) is 6.03. The Bertz CT molecular complexity index is 607. The molecule has 1 amide bonds. The molecule has 1 aromatic carbocycles. The Morgan fingerprint density at radius 3 is 2.77 bits per heavy atom. The Morgan fingerprint density at radius 2 is 2.14 bits per heavy atom. The second-order valence-electron chi connectivity index (χ2n) is 4.97. The van der Waals surface area contributed by atoms with Gasteiger partial charge >= 0.3 is 0 Å². The minimum absolute atomic E-state index is 0.0413. The number of rotatable bonds is 7. The fourth-order valence-corrected chi connectivity index (χ4v) is 2.90. The zero-order valence-corrected chi connectivity index (χ0v) is 13.5. The van der Waals surface area contributed by atoms with E-state index in [4.69, 9.17) is 9.63 Å². The molecule has 0 fully saturated rings. The number of aromatic nitrogens is 1. The highest BCUT2D eigenvalue weighted by Crippen LogP contribution is 2.25. The summed E-state index contributed by atoms with van der Waals surface area (Å²) in [7, 11) is 0. The van der Waals surface area contributed by atoms with Crippen molar-refractivity contribution in [3.63, 3.8) is 0 Å². The molecule has 0 aliphatic rings. The molecule has 0 spiro atoms. The Labute approximate surface area is 134 Å². The smallest absolute Gasteiger partial charge is 0.257 e. The number of amides is 1. The molecule has 22 heavy (non-hydrogen) atoms. The van der Waals surface area contributed by atoms with Crippen LogP contribution < -0.4 is 5.32 Å². The summed E-state index contributed by atoms with van der Waals surface area (Å²) in [5.74, 6) is 1.02. The quantitative estimate of drug-likeness (QED) is 0.820. The summed E-state index contributed by atoms with van der Waals surface area (Å²) in [5.41, 5.74) is 1.84. The highest BCUT2D eigenvalue weighted by atomic mass is 32.2. The van der Waals surface area contributed by atoms with Crippen LogP contribution in [0, 0.1) is 6.92 Å². The molecule has 0 saturated heterocycles. The van der Waals surface area contributed by atoms with Gasteiger partial charge in [-0.25, -0.2) is 0 Å². The molecule has 1 unspecified atom stereocenters. The lowest BCUT2D eigenvalue weighted by atomic mass is 10.1. The first-order chi connectivity index (χ1) is 10.7. The van der Waals surface area contributed by atoms with E-state index in [0.29, 0.717) is 23.4 Å². The van der Waals surface area contributed by atoms with E-state index in [2.05, 4.69) is 10.5 Å². The first kappa shape index (κ1) is 16.6. The zero-order chi connectivity index (χ0) is 15.9. The second-order valence-corrected chi connectivity index (χ2v) is 5.88. The molecule has 5 nitrogen and oxygen atoms in total. The predicted molar refractivity (Wildman–Crippen MR) is 88.0 cm³/mol. The number of carbonyl (C=O) groups is 1. The average molecular weight is 320 g/mol. The molecule has 2 rings (SSSR count). The fourth-order valence-electron chi connectivity index (χ4n) is 2.24. The third kappa shape index (κ3) is 3.90. The van der Waals surface area contributed by atoms with Gasteiger partial charge in [-0.2, -0.15) is 11.8 Å². The van der Waals surface area contributed by atoms with Crippen LogP contribution in [-0.4, -0.2) is 40.8 Å². The van der Waals surface area contributed by atoms with Gasteiger partial charge in [0, 0.05) is 24.0 Å². The van der Waals surface area contributed by atoms with Crippen molar-refractivity contribution < 1.29 is 14.4 Å². The number of benzene rings is 1. The number of nitrogens with one attached hydrogen (secondary N) is 1. The lowest BCUT2D eigenvalue weighted by molar-refractivity contribution is 0.0934. The Hall–Kier alpha value is -1.79. The molecule has 1 atom stereocenters. The standard InChI is InChI=1S/C16H20N2O3S/c1-11-14(16(20)17-13(8-9-19)10-22-2)15(18-21-11)12-6-4-3-5-7-12/h3-7,13,19H,8-10H2,1-2H3,(H,17,20). The zero-order valence-electron chi connectivity index (χ0n) is 12.7. The first-order valence-corrected chi connectivity index (χ1v) is 8.49. The van der Waals surface area contributed by atoms with E-state index in [1.165, 1.54) is 0 Å². The van der Waals surface area contributed by atoms with Crippen molar-refractivity contribution in [2.24, 2.45) is 0 Å². The van der Waals surface area contributed by atoms with Crippen molar-refractivity contribution in [2.75, 3.05) is 18.6 Å². The molecule has 0 aliphatic carbocycles. The normalized spacial score (nSPS) is 12.1. The van der Waals surface area contributed by atoms with Gasteiger partial charge in [0.2, 0.25) is 0 Å². The lowest BCUT2D eigenvalue weighted by Gasteiger charge is -2.16. The number of aliphatic hydroxyl groups is 1. The maximum absolute atomic E-state index is 12.6. The molecule has 1 heterocycles. The number of thioether (sulfide) groups is 1. The van der Waals surface area contributed by atoms with E-state index in [0.717, 1.165) is 11.3 Å². The summed E-state index contributed by atoms with van der Waals surface area (Å²) >= 11 is 1.63. The predicted octanol–water partition coefficient (Wildman–Crippen LogP) is 2.49. The van der Waals surface area contributed by atoms with Crippen molar-refractivity contribution in [3.05, 3.63) is 41.7 Å². The molecule has 1 aromatic heterocycles. The molecule has 0 bridgehead atoms. The van der Waals surface area contributed by atoms with Crippen molar-refractivity contribution >= 4 is 17.7 Å². The molecular weight excluding hydrogens is 300 g/mol. The van der Waals surface area contributed by atoms with E-state index < -0.39 is 0 Å². The van der Waals surface area contributed by atoms with E-state index in [-0.39, 0.29) is 18.6 Å². The van der Waals surface area contributed by atoms with Crippen molar-refractivity contribution in [2.45, 2.75) is 19.4 Å². The van der Waals surface area contributed by atoms with E-state index in [1.54, 1.807) is 18.7 Å². The SMILES string of the molecule is CSCC(CCO)NC(=O)c1c(-c2ccccc2)noc1C. The summed E-state index contributed by atoms with van der Waals surface area (Å²) in [6.07, 6.45) is 2.49. The summed E-state index contributed by atoms with van der Waals surface area (Å²) in [6.45, 7) is 1.77. The van der Waals surface area contributed by atoms with Gasteiger partial charge in [0.15, 0.2) is 0 Å². The Morgan fingerprint density at radius 1 is 1.41 bits per heavy atom. The average Bonchev–Trinajstić information content (AvgIpc) is 2.90. The van der Waals surface area contributed by atoms with E-state index in [1.807, 2.05) is 36.6 Å². The third-order valence-corrected chi connectivity index (χ3v) is 4.05. The van der Waals surface area contributed by atoms with Gasteiger partial charge in [-0.05, 0) is 19.6 Å². The van der Waals surface area contributed by atoms with Crippen LogP contribution in [0.15, 0.2) is 34.9 Å². The molecule has 0 radical (unpaired) electrons. The van der Waals surface area contributed by atoms with Crippen molar-refractivity contribution in [1.29, 1.82) is 0 Å². The lowest BCUT2D eigenvalue weighted by Crippen LogP contribution is -2.37. The van der Waals surface area contributed by atoms with Crippen molar-refractivity contribution in [1.82, 2.24) is 10.5 Å². The van der Waals surface area contributed by atoms with Crippen LogP contribution >= 0.6 is 11.8 Å². The van der Waals surface area contributed by atoms with E-state index >= 15 is 0 Å². The molecule has 2 N–H and O–H groups in total. The van der Waals surface area contributed by atoms with Crippen LogP contribution in [0.1, 0.15) is 22.5 Å². The maximum atomic E-state index is 12.6. The summed E-state index contributed by atoms with van der Waals surface area (Å²) in [4.78, 5) is 12.6. The minimum Gasteiger partial charge on any atom is -0.396 e. The van der Waals surface area contributed by atoms with Gasteiger partial charge in [-0.15, -0.1) is 0 Å². The van der Waals surface area contributed by atoms with Crippen LogP contribution in [0.2, 0.25) is 0 Å². The summed E-state index contributed by atoms with van der Waals surface area (Å²) in [6, 6.07) is 9.39. The largest absolute Gasteiger partial charge is 0.396 e. The highest BCUT2D eigenvalue weighted by molar-refractivity contribution is 7.98. The molecule has 6 heteroatoms. The number of aryl methyl sites for hydroxylation is 1. The van der Waals surface area contributed by atoms with Gasteiger partial charge in [-0.3, -0.25) is 4.79 Å². The molecule has 2 aromatic rings. The first-order valence-electron chi connectivity index (χ1n) is 7.09. The topological polar surface area (TPSA) is 75.4 Å². The van der Waals surface area contributed by atoms with Gasteiger partial charge in [0.1, 0.15) is 17.0 Å². The number of hydrogen-bond acceptors (Lipinski definition) is 5. The number of nitrogens with zero attached hydrogens (tertiary/aromatic N) is 1. The third-order valence-electron chi connectivity index (χ3n) is 3.32. The van der Waals surface area contributed by atoms with Crippen LogP contribution in [0.25, 0.3) is 11.3 Å². The molecule has 0 saturated carbocycles. The Balaban J connectivity index is 2.24. The monoisotopic (exact) mass is 320 g/mol. The minimum atomic E-state index is -0.217. The second kappa shape index (κ2) is 8.00. The number of aliphatic hydroxyl groups excluding tert-OH is 1. The fraction of sp³-hybridized carbons (Fsp3) is 0.375. The van der Waals surface area contributed by atoms with Crippen LogP contribution in [0.4, 0.5) is 0 Å². The van der Waals surface area contributed by atoms with Crippen molar-refractivity contribution in [3.8, 4) is 11.3 Å². The van der Waals surface area contributed by atoms with Crippen LogP contribution in [0.3, 0.4) is 0 Å². The molecule has 118 valence electrons. The van der Waals surface area contributed by atoms with Gasteiger partial charge < -0.3 is 14.9 Å². The number of hydrogen-bond donors (Lipinski definition) is 2. The maximum Gasteiger partial charge on any atom is 0.257 e. The van der Waals surface area contributed by atoms with Gasteiger partial charge in [0.25, 0.3) is 5.91 Å².